The molecule has 5 rings (SSSR count). The number of nitrogens with one attached hydrogen (secondary N) is 2. The molecule has 2 amide bonds. The standard InChI is InChI=1S/C29H39ClN4O3/c1-33-14-10-24(11-15-33)34-16-13-29(20-7-8-25(36-2)26(17-20)37-3)12-9-23(19-27(29)34)32-28(35)31-22-6-4-5-21(30)18-22/h4-8,17-18,23-24,27H,9-16,19H2,1-3H3,(H2,31,32,35)/t23-,27+,29-/m0/s1. The number of likely N-dealkylation sites (tertiary alicyclic amines) is 2. The van der Waals surface area contributed by atoms with Gasteiger partial charge >= 0.3 is 6.03 Å². The third kappa shape index (κ3) is 5.40. The maximum Gasteiger partial charge on any atom is 0.319 e. The number of benzene rings is 2. The topological polar surface area (TPSA) is 66.1 Å². The summed E-state index contributed by atoms with van der Waals surface area (Å²) in [4.78, 5) is 18.1. The summed E-state index contributed by atoms with van der Waals surface area (Å²) in [7, 11) is 5.60. The quantitative estimate of drug-likeness (QED) is 0.545. The number of carbonyl (C=O) groups excluding carboxylic acids is 1. The van der Waals surface area contributed by atoms with Crippen molar-refractivity contribution in [3.63, 3.8) is 0 Å². The zero-order chi connectivity index (χ0) is 26.0. The second-order valence-electron chi connectivity index (χ2n) is 10.8. The highest BCUT2D eigenvalue weighted by Crippen LogP contribution is 2.51. The highest BCUT2D eigenvalue weighted by atomic mass is 35.5. The minimum absolute atomic E-state index is 0.0461. The van der Waals surface area contributed by atoms with Gasteiger partial charge in [0.1, 0.15) is 0 Å². The van der Waals surface area contributed by atoms with E-state index in [0.29, 0.717) is 22.8 Å². The van der Waals surface area contributed by atoms with E-state index in [0.717, 1.165) is 56.8 Å². The summed E-state index contributed by atoms with van der Waals surface area (Å²) in [5, 5.41) is 6.83. The van der Waals surface area contributed by atoms with Gasteiger partial charge in [0.25, 0.3) is 0 Å². The van der Waals surface area contributed by atoms with Gasteiger partial charge in [-0.15, -0.1) is 0 Å². The molecular formula is C29H39ClN4O3. The van der Waals surface area contributed by atoms with Crippen LogP contribution in [-0.2, 0) is 5.41 Å². The number of hydrogen-bond acceptors (Lipinski definition) is 5. The summed E-state index contributed by atoms with van der Waals surface area (Å²) >= 11 is 6.10. The van der Waals surface area contributed by atoms with Crippen LogP contribution in [-0.4, -0.2) is 74.9 Å². The second-order valence-corrected chi connectivity index (χ2v) is 11.3. The van der Waals surface area contributed by atoms with Gasteiger partial charge in [-0.2, -0.15) is 0 Å². The highest BCUT2D eigenvalue weighted by Gasteiger charge is 2.53. The lowest BCUT2D eigenvalue weighted by Gasteiger charge is -2.48. The minimum Gasteiger partial charge on any atom is -0.493 e. The van der Waals surface area contributed by atoms with Crippen LogP contribution in [0.2, 0.25) is 5.02 Å². The fourth-order valence-electron chi connectivity index (χ4n) is 6.88. The number of anilines is 1. The molecule has 0 radical (unpaired) electrons. The van der Waals surface area contributed by atoms with Gasteiger partial charge in [-0.3, -0.25) is 4.90 Å². The number of carbonyl (C=O) groups is 1. The van der Waals surface area contributed by atoms with Crippen LogP contribution in [0.25, 0.3) is 0 Å². The summed E-state index contributed by atoms with van der Waals surface area (Å²) < 4.78 is 11.2. The Balaban J connectivity index is 1.37. The number of halogens is 1. The number of hydrogen-bond donors (Lipinski definition) is 2. The van der Waals surface area contributed by atoms with Gasteiger partial charge in [0.15, 0.2) is 11.5 Å². The first kappa shape index (κ1) is 26.1. The highest BCUT2D eigenvalue weighted by molar-refractivity contribution is 6.30. The number of methoxy groups -OCH3 is 2. The Morgan fingerprint density at radius 1 is 1.00 bits per heavy atom. The smallest absolute Gasteiger partial charge is 0.319 e. The number of fused-ring (bicyclic) bond motifs is 1. The molecule has 200 valence electrons. The molecule has 2 aromatic rings. The predicted molar refractivity (Wildman–Crippen MR) is 148 cm³/mol. The molecule has 0 spiro atoms. The van der Waals surface area contributed by atoms with Crippen molar-refractivity contribution in [2.45, 2.75) is 62.1 Å². The Morgan fingerprint density at radius 3 is 2.51 bits per heavy atom. The van der Waals surface area contributed by atoms with Crippen molar-refractivity contribution in [1.82, 2.24) is 15.1 Å². The van der Waals surface area contributed by atoms with E-state index >= 15 is 0 Å². The Bertz CT molecular complexity index is 1110. The van der Waals surface area contributed by atoms with E-state index in [4.69, 9.17) is 21.1 Å². The van der Waals surface area contributed by atoms with E-state index in [2.05, 4.69) is 39.6 Å². The van der Waals surface area contributed by atoms with E-state index < -0.39 is 0 Å². The van der Waals surface area contributed by atoms with Gasteiger partial charge < -0.3 is 25.0 Å². The predicted octanol–water partition coefficient (Wildman–Crippen LogP) is 5.14. The third-order valence-corrected chi connectivity index (χ3v) is 9.07. The van der Waals surface area contributed by atoms with E-state index in [9.17, 15) is 4.79 Å². The molecule has 1 aliphatic carbocycles. The summed E-state index contributed by atoms with van der Waals surface area (Å²) in [5.41, 5.74) is 2.08. The van der Waals surface area contributed by atoms with Crippen molar-refractivity contribution in [1.29, 1.82) is 0 Å². The fraction of sp³-hybridized carbons (Fsp3) is 0.552. The first-order valence-electron chi connectivity index (χ1n) is 13.4. The van der Waals surface area contributed by atoms with Gasteiger partial charge in [0.05, 0.1) is 14.2 Å². The van der Waals surface area contributed by atoms with Crippen LogP contribution < -0.4 is 20.1 Å². The average Bonchev–Trinajstić information content (AvgIpc) is 3.28. The molecule has 2 aliphatic heterocycles. The molecule has 8 heteroatoms. The van der Waals surface area contributed by atoms with Crippen molar-refractivity contribution < 1.29 is 14.3 Å². The molecule has 2 heterocycles. The Labute approximate surface area is 225 Å². The fourth-order valence-corrected chi connectivity index (χ4v) is 7.07. The minimum atomic E-state index is -0.172. The molecule has 3 aliphatic rings. The number of piperidine rings is 1. The molecular weight excluding hydrogens is 488 g/mol. The van der Waals surface area contributed by atoms with Crippen LogP contribution in [0.3, 0.4) is 0 Å². The number of urea groups is 1. The lowest BCUT2D eigenvalue weighted by atomic mass is 9.65. The van der Waals surface area contributed by atoms with Crippen molar-refractivity contribution >= 4 is 23.3 Å². The SMILES string of the molecule is COc1ccc([C@@]23CC[C@H](NC(=O)Nc4cccc(Cl)c4)C[C@H]2N(C2CCN(C)CC2)CC3)cc1OC. The maximum absolute atomic E-state index is 12.9. The largest absolute Gasteiger partial charge is 0.493 e. The number of rotatable bonds is 6. The normalized spacial score (nSPS) is 26.9. The number of nitrogens with zero attached hydrogens (tertiary/aromatic N) is 2. The van der Waals surface area contributed by atoms with Crippen molar-refractivity contribution in [2.24, 2.45) is 0 Å². The van der Waals surface area contributed by atoms with Gasteiger partial charge in [0.2, 0.25) is 0 Å². The zero-order valence-electron chi connectivity index (χ0n) is 22.1. The second kappa shape index (κ2) is 11.1. The Kier molecular flexibility index (Phi) is 7.84. The van der Waals surface area contributed by atoms with Crippen molar-refractivity contribution in [3.8, 4) is 11.5 Å². The van der Waals surface area contributed by atoms with Crippen LogP contribution in [0, 0.1) is 0 Å². The lowest BCUT2D eigenvalue weighted by molar-refractivity contribution is 0.0673. The summed E-state index contributed by atoms with van der Waals surface area (Å²) in [6.07, 6.45) is 6.42. The molecule has 2 aromatic carbocycles. The van der Waals surface area contributed by atoms with Crippen LogP contribution in [0.4, 0.5) is 10.5 Å². The molecule has 7 nitrogen and oxygen atoms in total. The molecule has 1 saturated carbocycles. The van der Waals surface area contributed by atoms with Crippen LogP contribution >= 0.6 is 11.6 Å². The molecule has 0 unspecified atom stereocenters. The van der Waals surface area contributed by atoms with E-state index in [-0.39, 0.29) is 17.5 Å². The molecule has 0 aromatic heterocycles. The summed E-state index contributed by atoms with van der Waals surface area (Å²) in [5.74, 6) is 1.55. The monoisotopic (exact) mass is 526 g/mol. The lowest BCUT2D eigenvalue weighted by Crippen LogP contribution is -2.56. The Hall–Kier alpha value is -2.48. The van der Waals surface area contributed by atoms with Gasteiger partial charge in [0, 0.05) is 34.3 Å². The van der Waals surface area contributed by atoms with Crippen LogP contribution in [0.1, 0.15) is 44.1 Å². The zero-order valence-corrected chi connectivity index (χ0v) is 22.9. The van der Waals surface area contributed by atoms with E-state index in [1.165, 1.54) is 18.4 Å². The van der Waals surface area contributed by atoms with Crippen molar-refractivity contribution in [3.05, 3.63) is 53.1 Å². The maximum atomic E-state index is 12.9. The first-order chi connectivity index (χ1) is 17.9. The molecule has 2 saturated heterocycles. The summed E-state index contributed by atoms with van der Waals surface area (Å²) in [6.45, 7) is 3.37. The number of amides is 2. The van der Waals surface area contributed by atoms with E-state index in [1.807, 2.05) is 18.2 Å². The molecule has 2 N–H and O–H groups in total. The third-order valence-electron chi connectivity index (χ3n) is 8.83. The average molecular weight is 527 g/mol. The molecule has 3 atom stereocenters. The molecule has 37 heavy (non-hydrogen) atoms. The number of ether oxygens (including phenoxy) is 2. The van der Waals surface area contributed by atoms with Crippen molar-refractivity contribution in [2.75, 3.05) is 46.2 Å². The van der Waals surface area contributed by atoms with Crippen LogP contribution in [0.15, 0.2) is 42.5 Å². The summed E-state index contributed by atoms with van der Waals surface area (Å²) in [6, 6.07) is 14.6. The first-order valence-corrected chi connectivity index (χ1v) is 13.8. The van der Waals surface area contributed by atoms with Crippen LogP contribution in [0.5, 0.6) is 11.5 Å². The molecule has 3 fully saturated rings. The van der Waals surface area contributed by atoms with E-state index in [1.54, 1.807) is 26.4 Å². The van der Waals surface area contributed by atoms with Gasteiger partial charge in [-0.05, 0) is 101 Å². The molecule has 0 bridgehead atoms. The van der Waals surface area contributed by atoms with Gasteiger partial charge in [-0.1, -0.05) is 23.7 Å². The Morgan fingerprint density at radius 2 is 1.78 bits per heavy atom. The van der Waals surface area contributed by atoms with Gasteiger partial charge in [-0.25, -0.2) is 4.79 Å².